The molecule has 0 bridgehead atoms. The maximum Gasteiger partial charge on any atom is 0.311 e. The van der Waals surface area contributed by atoms with Crippen LogP contribution in [0.4, 0.5) is 0 Å². The predicted molar refractivity (Wildman–Crippen MR) is 197 cm³/mol. The maximum atomic E-state index is 14.4. The Kier molecular flexibility index (Phi) is 13.3. The van der Waals surface area contributed by atoms with Crippen molar-refractivity contribution in [2.75, 3.05) is 7.11 Å². The fourth-order valence-corrected chi connectivity index (χ4v) is 10.1. The largest absolute Gasteiger partial charge is 0.469 e. The first kappa shape index (κ1) is 42.7. The third-order valence-corrected chi connectivity index (χ3v) is 13.9. The number of carbonyl (C=O) groups is 2. The van der Waals surface area contributed by atoms with E-state index in [2.05, 4.69) is 13.8 Å². The van der Waals surface area contributed by atoms with E-state index in [-0.39, 0.29) is 41.9 Å². The van der Waals surface area contributed by atoms with Crippen molar-refractivity contribution in [2.24, 2.45) is 35.3 Å². The number of carbonyl (C=O) groups excluding carboxylic acids is 2. The number of ether oxygens (including phenoxy) is 6. The lowest BCUT2D eigenvalue weighted by atomic mass is 9.74. The van der Waals surface area contributed by atoms with Crippen molar-refractivity contribution < 1.29 is 53.3 Å². The molecule has 5 N–H and O–H groups in total. The Bertz CT molecular complexity index is 1310. The molecular weight excluding hydrogens is 682 g/mol. The fourth-order valence-electron chi connectivity index (χ4n) is 10.1. The smallest absolute Gasteiger partial charge is 0.311 e. The molecule has 5 heterocycles. The van der Waals surface area contributed by atoms with E-state index in [1.165, 1.54) is 7.11 Å². The SMILES string of the molecule is CC[C@@H](C(=O)[C@@H](C)[C@@H](O)[C@H](N)[C@H]1CCC[C@H]([C@@H](CC)C(=O)OC)O1)[C@H]1O[C@@]2(C=C[C@H](O)[C@]3(CC[C@@](C)([C@H]4CC[C@](O)(CC)[C@H](C)O4)O3)O2)[C@H](C)C[C@@H]1C. The van der Waals surface area contributed by atoms with Crippen LogP contribution < -0.4 is 5.73 Å². The zero-order chi connectivity index (χ0) is 39.1. The molecule has 0 amide bonds. The van der Waals surface area contributed by atoms with Gasteiger partial charge in [0, 0.05) is 24.2 Å². The summed E-state index contributed by atoms with van der Waals surface area (Å²) < 4.78 is 38.3. The van der Waals surface area contributed by atoms with Crippen LogP contribution in [0.3, 0.4) is 0 Å². The predicted octanol–water partition coefficient (Wildman–Crippen LogP) is 4.72. The lowest BCUT2D eigenvalue weighted by molar-refractivity contribution is -0.409. The molecule has 0 saturated carbocycles. The monoisotopic (exact) mass is 751 g/mol. The van der Waals surface area contributed by atoms with Crippen molar-refractivity contribution in [3.63, 3.8) is 0 Å². The molecular formula is C41H69NO11. The third kappa shape index (κ3) is 8.05. The Morgan fingerprint density at radius 1 is 0.981 bits per heavy atom. The summed E-state index contributed by atoms with van der Waals surface area (Å²) in [6.07, 6.45) is 5.92. The first-order valence-electron chi connectivity index (χ1n) is 20.5. The molecule has 12 heteroatoms. The summed E-state index contributed by atoms with van der Waals surface area (Å²) in [7, 11) is 1.37. The molecule has 0 radical (unpaired) electrons. The van der Waals surface area contributed by atoms with Crippen LogP contribution in [-0.2, 0) is 38.0 Å². The van der Waals surface area contributed by atoms with Gasteiger partial charge in [-0.1, -0.05) is 41.5 Å². The van der Waals surface area contributed by atoms with Crippen molar-refractivity contribution in [3.8, 4) is 0 Å². The molecule has 17 atom stereocenters. The fraction of sp³-hybridized carbons (Fsp3) is 0.902. The Morgan fingerprint density at radius 3 is 2.28 bits per heavy atom. The van der Waals surface area contributed by atoms with E-state index in [1.54, 1.807) is 19.1 Å². The van der Waals surface area contributed by atoms with Crippen LogP contribution in [0.5, 0.6) is 0 Å². The highest BCUT2D eigenvalue weighted by Crippen LogP contribution is 2.54. The van der Waals surface area contributed by atoms with Gasteiger partial charge in [0.1, 0.15) is 11.9 Å². The standard InChI is InChI=1S/C41H69NO11/c1-10-27(37(46)48-9)29-14-13-15-30(50-29)33(42)35(45)25(6)34(44)28(11-2)36-23(4)22-24(5)40(51-36)19-16-31(43)41(53-40)21-20-38(8,52-41)32-17-18-39(47,12-3)26(7)49-32/h16,19,23-33,35-36,43,45,47H,10-15,17-18,20-22,42H2,1-9H3/t23-,24+,25+,26-,27+,28-,29+,30+,31-,32+,33+,35+,36-,38-,39+,40+,41-/m0/s1. The van der Waals surface area contributed by atoms with Crippen molar-refractivity contribution in [1.29, 1.82) is 0 Å². The molecule has 4 fully saturated rings. The van der Waals surface area contributed by atoms with Gasteiger partial charge in [-0.15, -0.1) is 0 Å². The van der Waals surface area contributed by atoms with Crippen LogP contribution in [0.25, 0.3) is 0 Å². The molecule has 0 aromatic heterocycles. The average Bonchev–Trinajstić information content (AvgIpc) is 3.49. The maximum absolute atomic E-state index is 14.4. The molecule has 5 rings (SSSR count). The summed E-state index contributed by atoms with van der Waals surface area (Å²) in [5, 5.41) is 34.0. The van der Waals surface area contributed by atoms with Crippen LogP contribution in [0.2, 0.25) is 0 Å². The summed E-state index contributed by atoms with van der Waals surface area (Å²) in [5.41, 5.74) is 5.00. The highest BCUT2D eigenvalue weighted by Gasteiger charge is 2.63. The summed E-state index contributed by atoms with van der Waals surface area (Å²) in [5.74, 6) is -4.98. The number of hydrogen-bond acceptors (Lipinski definition) is 12. The summed E-state index contributed by atoms with van der Waals surface area (Å²) in [6, 6.07) is -0.827. The lowest BCUT2D eigenvalue weighted by Gasteiger charge is -2.54. The number of aliphatic hydroxyl groups is 3. The number of aliphatic hydroxyl groups excluding tert-OH is 2. The molecule has 0 aromatic carbocycles. The van der Waals surface area contributed by atoms with Crippen LogP contribution >= 0.6 is 0 Å². The normalized spacial score (nSPS) is 44.7. The number of nitrogens with two attached hydrogens (primary N) is 1. The van der Waals surface area contributed by atoms with E-state index in [4.69, 9.17) is 34.2 Å². The van der Waals surface area contributed by atoms with Gasteiger partial charge in [0.25, 0.3) is 0 Å². The highest BCUT2D eigenvalue weighted by molar-refractivity contribution is 5.84. The Balaban J connectivity index is 1.29. The van der Waals surface area contributed by atoms with Gasteiger partial charge in [0.15, 0.2) is 5.79 Å². The minimum absolute atomic E-state index is 0.00159. The van der Waals surface area contributed by atoms with Gasteiger partial charge in [-0.3, -0.25) is 9.59 Å². The minimum Gasteiger partial charge on any atom is -0.469 e. The van der Waals surface area contributed by atoms with Gasteiger partial charge in [0.05, 0.1) is 66.9 Å². The molecule has 12 nitrogen and oxygen atoms in total. The second-order valence-corrected chi connectivity index (χ2v) is 17.3. The van der Waals surface area contributed by atoms with E-state index in [0.29, 0.717) is 64.2 Å². The van der Waals surface area contributed by atoms with Crippen LogP contribution in [0, 0.1) is 29.6 Å². The second-order valence-electron chi connectivity index (χ2n) is 17.3. The van der Waals surface area contributed by atoms with Crippen molar-refractivity contribution >= 4 is 11.8 Å². The van der Waals surface area contributed by atoms with Gasteiger partial charge in [-0.2, -0.15) is 0 Å². The third-order valence-electron chi connectivity index (χ3n) is 13.9. The molecule has 2 spiro atoms. The summed E-state index contributed by atoms with van der Waals surface area (Å²) >= 11 is 0. The Hall–Kier alpha value is -1.48. The number of methoxy groups -OCH3 is 1. The zero-order valence-electron chi connectivity index (χ0n) is 33.6. The molecule has 5 aliphatic rings. The van der Waals surface area contributed by atoms with Gasteiger partial charge in [0.2, 0.25) is 5.79 Å². The molecule has 0 aromatic rings. The van der Waals surface area contributed by atoms with Crippen LogP contribution in [0.1, 0.15) is 126 Å². The number of rotatable bonds is 12. The summed E-state index contributed by atoms with van der Waals surface area (Å²) in [6.45, 7) is 15.6. The van der Waals surface area contributed by atoms with E-state index >= 15 is 0 Å². The Morgan fingerprint density at radius 2 is 1.66 bits per heavy atom. The van der Waals surface area contributed by atoms with E-state index in [1.807, 2.05) is 34.6 Å². The molecule has 53 heavy (non-hydrogen) atoms. The van der Waals surface area contributed by atoms with Gasteiger partial charge in [-0.25, -0.2) is 0 Å². The Labute approximate surface area is 316 Å². The van der Waals surface area contributed by atoms with Crippen molar-refractivity contribution in [3.05, 3.63) is 12.2 Å². The highest BCUT2D eigenvalue weighted by atomic mass is 16.8. The summed E-state index contributed by atoms with van der Waals surface area (Å²) in [4.78, 5) is 26.8. The quantitative estimate of drug-likeness (QED) is 0.160. The van der Waals surface area contributed by atoms with Crippen molar-refractivity contribution in [1.82, 2.24) is 0 Å². The van der Waals surface area contributed by atoms with Crippen LogP contribution in [0.15, 0.2) is 12.2 Å². The average molecular weight is 752 g/mol. The lowest BCUT2D eigenvalue weighted by Crippen LogP contribution is -2.63. The number of hydrogen-bond donors (Lipinski definition) is 4. The van der Waals surface area contributed by atoms with E-state index < -0.39 is 71.0 Å². The van der Waals surface area contributed by atoms with Gasteiger partial charge < -0.3 is 49.5 Å². The van der Waals surface area contributed by atoms with Gasteiger partial charge >= 0.3 is 5.97 Å². The van der Waals surface area contributed by atoms with Crippen molar-refractivity contribution in [2.45, 2.75) is 198 Å². The molecule has 0 unspecified atom stereocenters. The number of esters is 1. The molecule has 304 valence electrons. The van der Waals surface area contributed by atoms with E-state index in [0.717, 1.165) is 6.42 Å². The van der Waals surface area contributed by atoms with Gasteiger partial charge in [-0.05, 0) is 96.1 Å². The number of ketones is 1. The first-order valence-corrected chi connectivity index (χ1v) is 20.5. The zero-order valence-corrected chi connectivity index (χ0v) is 33.6. The first-order chi connectivity index (χ1) is 24.9. The number of Topliss-reactive ketones (excluding diaryl/α,β-unsaturated/α-hetero) is 1. The second kappa shape index (κ2) is 16.5. The van der Waals surface area contributed by atoms with Crippen LogP contribution in [-0.4, -0.2) is 106 Å². The molecule has 5 aliphatic heterocycles. The minimum atomic E-state index is -1.38. The van der Waals surface area contributed by atoms with E-state index in [9.17, 15) is 24.9 Å². The topological polar surface area (TPSA) is 176 Å². The molecule has 0 aliphatic carbocycles. The molecule has 4 saturated heterocycles.